The van der Waals surface area contributed by atoms with Gasteiger partial charge in [-0.15, -0.1) is 0 Å². The first-order valence-corrected chi connectivity index (χ1v) is 3.62. The molecule has 0 aromatic carbocycles. The number of rotatable bonds is 5. The normalized spacial score (nSPS) is 11.8. The maximum atomic E-state index is 10.9. The summed E-state index contributed by atoms with van der Waals surface area (Å²) in [5, 5.41) is 2.36. The van der Waals surface area contributed by atoms with Crippen molar-refractivity contribution in [1.29, 1.82) is 0 Å². The Morgan fingerprint density at radius 2 is 2.27 bits per heavy atom. The highest BCUT2D eigenvalue weighted by atomic mass is 16.5. The van der Waals surface area contributed by atoms with Crippen molar-refractivity contribution in [2.75, 3.05) is 6.61 Å². The highest BCUT2D eigenvalue weighted by Crippen LogP contribution is 1.92. The van der Waals surface area contributed by atoms with Crippen LogP contribution in [0.25, 0.3) is 0 Å². The second-order valence-electron chi connectivity index (χ2n) is 2.00. The van der Waals surface area contributed by atoms with Crippen molar-refractivity contribution in [3.8, 4) is 0 Å². The lowest BCUT2D eigenvalue weighted by molar-refractivity contribution is -0.146. The number of ether oxygens (including phenoxy) is 1. The number of amides is 1. The Labute approximate surface area is 65.9 Å². The molecule has 64 valence electrons. The van der Waals surface area contributed by atoms with E-state index in [1.165, 1.54) is 0 Å². The Kier molecular flexibility index (Phi) is 5.15. The van der Waals surface area contributed by atoms with Crippen molar-refractivity contribution in [1.82, 2.24) is 5.32 Å². The van der Waals surface area contributed by atoms with E-state index in [0.29, 0.717) is 19.4 Å². The van der Waals surface area contributed by atoms with Crippen LogP contribution < -0.4 is 5.32 Å². The van der Waals surface area contributed by atoms with E-state index >= 15 is 0 Å². The van der Waals surface area contributed by atoms with Gasteiger partial charge in [-0.25, -0.2) is 4.79 Å². The molecular weight excluding hydrogens is 146 g/mol. The number of hydrogen-bond acceptors (Lipinski definition) is 3. The molecule has 0 radical (unpaired) electrons. The van der Waals surface area contributed by atoms with Crippen LogP contribution in [0.3, 0.4) is 0 Å². The minimum atomic E-state index is -0.493. The predicted molar refractivity (Wildman–Crippen MR) is 39.9 cm³/mol. The molecule has 4 heteroatoms. The average Bonchev–Trinajstić information content (AvgIpc) is 2.00. The molecule has 1 N–H and O–H groups in total. The predicted octanol–water partition coefficient (Wildman–Crippen LogP) is 0.0741. The highest BCUT2D eigenvalue weighted by molar-refractivity contribution is 5.78. The summed E-state index contributed by atoms with van der Waals surface area (Å²) in [6.45, 7) is 3.87. The van der Waals surface area contributed by atoms with E-state index in [9.17, 15) is 9.59 Å². The molecule has 11 heavy (non-hydrogen) atoms. The van der Waals surface area contributed by atoms with Gasteiger partial charge in [0.25, 0.3) is 0 Å². The standard InChI is InChI=1S/C7H13NO3/c1-3-6(8-5-9)7(10)11-4-2/h5-6H,3-4H2,1-2H3,(H,8,9). The lowest BCUT2D eigenvalue weighted by Gasteiger charge is -2.11. The van der Waals surface area contributed by atoms with E-state index in [2.05, 4.69) is 10.1 Å². The van der Waals surface area contributed by atoms with Crippen LogP contribution >= 0.6 is 0 Å². The lowest BCUT2D eigenvalue weighted by atomic mass is 10.2. The van der Waals surface area contributed by atoms with Gasteiger partial charge in [-0.2, -0.15) is 0 Å². The van der Waals surface area contributed by atoms with Crippen molar-refractivity contribution in [3.63, 3.8) is 0 Å². The van der Waals surface area contributed by atoms with Crippen LogP contribution in [0.5, 0.6) is 0 Å². The van der Waals surface area contributed by atoms with E-state index in [-0.39, 0.29) is 5.97 Å². The fraction of sp³-hybridized carbons (Fsp3) is 0.714. The van der Waals surface area contributed by atoms with Gasteiger partial charge in [0.15, 0.2) is 0 Å². The van der Waals surface area contributed by atoms with Gasteiger partial charge in [-0.05, 0) is 13.3 Å². The summed E-state index contributed by atoms with van der Waals surface area (Å²) in [6.07, 6.45) is 1.06. The van der Waals surface area contributed by atoms with Gasteiger partial charge in [0.05, 0.1) is 6.61 Å². The third-order valence-corrected chi connectivity index (χ3v) is 1.25. The molecule has 0 aliphatic rings. The van der Waals surface area contributed by atoms with Gasteiger partial charge < -0.3 is 10.1 Å². The van der Waals surface area contributed by atoms with Crippen LogP contribution in [0.15, 0.2) is 0 Å². The molecule has 0 aromatic heterocycles. The van der Waals surface area contributed by atoms with Gasteiger partial charge in [0.1, 0.15) is 6.04 Å². The van der Waals surface area contributed by atoms with Gasteiger partial charge in [0.2, 0.25) is 6.41 Å². The van der Waals surface area contributed by atoms with Crippen molar-refractivity contribution < 1.29 is 14.3 Å². The minimum Gasteiger partial charge on any atom is -0.464 e. The van der Waals surface area contributed by atoms with Gasteiger partial charge in [-0.1, -0.05) is 6.92 Å². The lowest BCUT2D eigenvalue weighted by Crippen LogP contribution is -2.36. The molecule has 1 atom stereocenters. The molecule has 0 fully saturated rings. The summed E-state index contributed by atoms with van der Waals surface area (Å²) >= 11 is 0. The minimum absolute atomic E-state index is 0.343. The van der Waals surface area contributed by atoms with Crippen LogP contribution in [0.4, 0.5) is 0 Å². The molecule has 4 nitrogen and oxygen atoms in total. The zero-order valence-electron chi connectivity index (χ0n) is 6.79. The van der Waals surface area contributed by atoms with E-state index in [1.807, 2.05) is 0 Å². The molecule has 0 spiro atoms. The maximum absolute atomic E-state index is 10.9. The second-order valence-corrected chi connectivity index (χ2v) is 2.00. The summed E-state index contributed by atoms with van der Waals surface area (Å²) < 4.78 is 4.69. The molecular formula is C7H13NO3. The summed E-state index contributed by atoms with van der Waals surface area (Å²) in [6, 6.07) is -0.493. The number of carbonyl (C=O) groups excluding carboxylic acids is 2. The van der Waals surface area contributed by atoms with Crippen molar-refractivity contribution >= 4 is 12.4 Å². The number of carbonyl (C=O) groups is 2. The van der Waals surface area contributed by atoms with E-state index in [1.54, 1.807) is 13.8 Å². The Balaban J connectivity index is 3.80. The number of nitrogens with one attached hydrogen (secondary N) is 1. The fourth-order valence-electron chi connectivity index (χ4n) is 0.678. The van der Waals surface area contributed by atoms with Crippen LogP contribution in [0.2, 0.25) is 0 Å². The summed E-state index contributed by atoms with van der Waals surface area (Å²) in [5.41, 5.74) is 0. The largest absolute Gasteiger partial charge is 0.464 e. The summed E-state index contributed by atoms with van der Waals surface area (Å²) in [7, 11) is 0. The topological polar surface area (TPSA) is 55.4 Å². The molecule has 1 amide bonds. The van der Waals surface area contributed by atoms with Crippen molar-refractivity contribution in [3.05, 3.63) is 0 Å². The van der Waals surface area contributed by atoms with Crippen LogP contribution in [-0.4, -0.2) is 25.0 Å². The van der Waals surface area contributed by atoms with Crippen LogP contribution in [-0.2, 0) is 14.3 Å². The first-order valence-electron chi connectivity index (χ1n) is 3.62. The molecule has 0 saturated heterocycles. The third-order valence-electron chi connectivity index (χ3n) is 1.25. The van der Waals surface area contributed by atoms with E-state index < -0.39 is 6.04 Å². The SMILES string of the molecule is CCOC(=O)C(CC)NC=O. The first-order chi connectivity index (χ1) is 5.26. The number of hydrogen-bond donors (Lipinski definition) is 1. The van der Waals surface area contributed by atoms with Crippen LogP contribution in [0.1, 0.15) is 20.3 Å². The summed E-state index contributed by atoms with van der Waals surface area (Å²) in [5.74, 6) is -0.373. The fourth-order valence-corrected chi connectivity index (χ4v) is 0.678. The quantitative estimate of drug-likeness (QED) is 0.456. The molecule has 0 heterocycles. The monoisotopic (exact) mass is 159 g/mol. The van der Waals surface area contributed by atoms with Gasteiger partial charge in [0, 0.05) is 0 Å². The zero-order chi connectivity index (χ0) is 8.69. The first kappa shape index (κ1) is 9.94. The highest BCUT2D eigenvalue weighted by Gasteiger charge is 2.15. The van der Waals surface area contributed by atoms with E-state index in [0.717, 1.165) is 0 Å². The Hall–Kier alpha value is -1.06. The maximum Gasteiger partial charge on any atom is 0.328 e. The average molecular weight is 159 g/mol. The van der Waals surface area contributed by atoms with E-state index in [4.69, 9.17) is 0 Å². The molecule has 0 aromatic rings. The molecule has 0 rings (SSSR count). The van der Waals surface area contributed by atoms with Crippen molar-refractivity contribution in [2.45, 2.75) is 26.3 Å². The van der Waals surface area contributed by atoms with Gasteiger partial charge >= 0.3 is 5.97 Å². The smallest absolute Gasteiger partial charge is 0.328 e. The summed E-state index contributed by atoms with van der Waals surface area (Å²) in [4.78, 5) is 20.9. The molecule has 0 aliphatic heterocycles. The number of esters is 1. The Bertz CT molecular complexity index is 136. The molecule has 0 bridgehead atoms. The molecule has 0 aliphatic carbocycles. The Morgan fingerprint density at radius 1 is 1.64 bits per heavy atom. The Morgan fingerprint density at radius 3 is 2.64 bits per heavy atom. The second kappa shape index (κ2) is 5.70. The third kappa shape index (κ3) is 3.60. The van der Waals surface area contributed by atoms with Crippen LogP contribution in [0, 0.1) is 0 Å². The molecule has 0 saturated carbocycles. The molecule has 1 unspecified atom stereocenters. The van der Waals surface area contributed by atoms with Crippen molar-refractivity contribution in [2.24, 2.45) is 0 Å². The van der Waals surface area contributed by atoms with Gasteiger partial charge in [-0.3, -0.25) is 4.79 Å². The zero-order valence-corrected chi connectivity index (χ0v) is 6.79.